The maximum Gasteiger partial charge on any atom is 0.338 e. The van der Waals surface area contributed by atoms with Crippen LogP contribution in [0.15, 0.2) is 72.8 Å². The molecule has 3 aromatic rings. The number of ether oxygens (including phenoxy) is 1. The minimum atomic E-state index is -0.481. The molecule has 29 heavy (non-hydrogen) atoms. The van der Waals surface area contributed by atoms with Gasteiger partial charge >= 0.3 is 5.97 Å². The van der Waals surface area contributed by atoms with Crippen LogP contribution in [0.3, 0.4) is 0 Å². The third-order valence-electron chi connectivity index (χ3n) is 4.84. The lowest BCUT2D eigenvalue weighted by Gasteiger charge is -2.12. The van der Waals surface area contributed by atoms with Gasteiger partial charge in [-0.25, -0.2) is 4.79 Å². The number of benzene rings is 3. The fourth-order valence-corrected chi connectivity index (χ4v) is 3.26. The van der Waals surface area contributed by atoms with Gasteiger partial charge in [0.25, 0.3) is 5.91 Å². The zero-order valence-electron chi connectivity index (χ0n) is 16.8. The summed E-state index contributed by atoms with van der Waals surface area (Å²) in [5.74, 6) is -0.831. The molecule has 0 heterocycles. The topological polar surface area (TPSA) is 55.4 Å². The normalized spacial score (nSPS) is 10.4. The van der Waals surface area contributed by atoms with E-state index in [0.717, 1.165) is 35.2 Å². The number of hydrogen-bond acceptors (Lipinski definition) is 3. The summed E-state index contributed by atoms with van der Waals surface area (Å²) in [6.07, 6.45) is 1.56. The minimum Gasteiger partial charge on any atom is -0.452 e. The fourth-order valence-electron chi connectivity index (χ4n) is 3.26. The number of esters is 1. The minimum absolute atomic E-state index is 0.320. The number of amides is 1. The standard InChI is InChI=1S/C25H25NO3/c1-18-9-8-10-19(2)24(18)26-23(27)17-29-25(28)22-14-7-6-13-21(22)16-15-20-11-4-3-5-12-20/h3-14H,15-17H2,1-2H3,(H,26,27). The molecule has 3 aromatic carbocycles. The highest BCUT2D eigenvalue weighted by atomic mass is 16.5. The molecule has 1 N–H and O–H groups in total. The van der Waals surface area contributed by atoms with Crippen LogP contribution in [0.5, 0.6) is 0 Å². The van der Waals surface area contributed by atoms with E-state index >= 15 is 0 Å². The zero-order valence-corrected chi connectivity index (χ0v) is 16.8. The van der Waals surface area contributed by atoms with E-state index in [2.05, 4.69) is 17.4 Å². The molecule has 0 aliphatic rings. The van der Waals surface area contributed by atoms with E-state index in [0.29, 0.717) is 5.56 Å². The smallest absolute Gasteiger partial charge is 0.338 e. The number of para-hydroxylation sites is 1. The van der Waals surface area contributed by atoms with Crippen molar-refractivity contribution in [2.24, 2.45) is 0 Å². The predicted octanol–water partition coefficient (Wildman–Crippen LogP) is 4.88. The van der Waals surface area contributed by atoms with Gasteiger partial charge in [-0.15, -0.1) is 0 Å². The van der Waals surface area contributed by atoms with E-state index in [9.17, 15) is 9.59 Å². The van der Waals surface area contributed by atoms with Crippen LogP contribution in [0.4, 0.5) is 5.69 Å². The highest BCUT2D eigenvalue weighted by molar-refractivity contribution is 5.96. The Kier molecular flexibility index (Phi) is 6.80. The van der Waals surface area contributed by atoms with Crippen molar-refractivity contribution in [2.75, 3.05) is 11.9 Å². The Morgan fingerprint density at radius 2 is 1.45 bits per heavy atom. The molecule has 0 bridgehead atoms. The van der Waals surface area contributed by atoms with Crippen LogP contribution < -0.4 is 5.32 Å². The zero-order chi connectivity index (χ0) is 20.6. The molecule has 4 heteroatoms. The third-order valence-corrected chi connectivity index (χ3v) is 4.84. The molecule has 0 fully saturated rings. The molecule has 0 saturated heterocycles. The molecule has 0 saturated carbocycles. The van der Waals surface area contributed by atoms with Gasteiger partial charge in [-0.05, 0) is 55.0 Å². The summed E-state index contributed by atoms with van der Waals surface area (Å²) >= 11 is 0. The second kappa shape index (κ2) is 9.69. The summed E-state index contributed by atoms with van der Waals surface area (Å²) < 4.78 is 5.28. The van der Waals surface area contributed by atoms with Gasteiger partial charge in [0, 0.05) is 5.69 Å². The number of aryl methyl sites for hydroxylation is 4. The van der Waals surface area contributed by atoms with Gasteiger partial charge in [-0.2, -0.15) is 0 Å². The van der Waals surface area contributed by atoms with Crippen LogP contribution in [0.25, 0.3) is 0 Å². The summed E-state index contributed by atoms with van der Waals surface area (Å²) in [5.41, 5.74) is 5.33. The fraction of sp³-hybridized carbons (Fsp3) is 0.200. The van der Waals surface area contributed by atoms with Gasteiger partial charge < -0.3 is 10.1 Å². The van der Waals surface area contributed by atoms with Crippen molar-refractivity contribution in [3.05, 3.63) is 101 Å². The molecular formula is C25H25NO3. The maximum atomic E-state index is 12.6. The number of carbonyl (C=O) groups excluding carboxylic acids is 2. The Morgan fingerprint density at radius 1 is 0.793 bits per heavy atom. The average Bonchev–Trinajstić information content (AvgIpc) is 2.74. The average molecular weight is 387 g/mol. The summed E-state index contributed by atoms with van der Waals surface area (Å²) in [6, 6.07) is 23.3. The molecule has 1 amide bonds. The van der Waals surface area contributed by atoms with Crippen LogP contribution in [0, 0.1) is 13.8 Å². The molecule has 0 unspecified atom stereocenters. The number of rotatable bonds is 7. The van der Waals surface area contributed by atoms with E-state index in [1.807, 2.05) is 62.4 Å². The summed E-state index contributed by atoms with van der Waals surface area (Å²) in [5, 5.41) is 2.83. The first-order valence-corrected chi connectivity index (χ1v) is 9.69. The van der Waals surface area contributed by atoms with Crippen molar-refractivity contribution in [3.63, 3.8) is 0 Å². The molecule has 0 aliphatic heterocycles. The first kappa shape index (κ1) is 20.3. The monoisotopic (exact) mass is 387 g/mol. The lowest BCUT2D eigenvalue weighted by Crippen LogP contribution is -2.22. The molecule has 3 rings (SSSR count). The Hall–Kier alpha value is -3.40. The van der Waals surface area contributed by atoms with Crippen LogP contribution in [-0.4, -0.2) is 18.5 Å². The number of anilines is 1. The van der Waals surface area contributed by atoms with E-state index in [4.69, 9.17) is 4.74 Å². The maximum absolute atomic E-state index is 12.6. The predicted molar refractivity (Wildman–Crippen MR) is 115 cm³/mol. The molecule has 0 aliphatic carbocycles. The van der Waals surface area contributed by atoms with Gasteiger partial charge in [0.1, 0.15) is 0 Å². The van der Waals surface area contributed by atoms with E-state index < -0.39 is 5.97 Å². The lowest BCUT2D eigenvalue weighted by atomic mass is 10.00. The molecule has 0 spiro atoms. The number of carbonyl (C=O) groups is 2. The first-order chi connectivity index (χ1) is 14.0. The van der Waals surface area contributed by atoms with Crippen LogP contribution in [0.2, 0.25) is 0 Å². The van der Waals surface area contributed by atoms with Crippen LogP contribution >= 0.6 is 0 Å². The van der Waals surface area contributed by atoms with Crippen molar-refractivity contribution in [1.82, 2.24) is 0 Å². The third kappa shape index (κ3) is 5.55. The molecule has 0 aromatic heterocycles. The SMILES string of the molecule is Cc1cccc(C)c1NC(=O)COC(=O)c1ccccc1CCc1ccccc1. The molecular weight excluding hydrogens is 362 g/mol. The second-order valence-electron chi connectivity index (χ2n) is 7.03. The van der Waals surface area contributed by atoms with Crippen LogP contribution in [-0.2, 0) is 22.4 Å². The van der Waals surface area contributed by atoms with E-state index in [1.165, 1.54) is 5.56 Å². The highest BCUT2D eigenvalue weighted by Crippen LogP contribution is 2.19. The largest absolute Gasteiger partial charge is 0.452 e. The Morgan fingerprint density at radius 3 is 2.17 bits per heavy atom. The van der Waals surface area contributed by atoms with Gasteiger partial charge in [-0.3, -0.25) is 4.79 Å². The Balaban J connectivity index is 1.60. The van der Waals surface area contributed by atoms with Crippen molar-refractivity contribution < 1.29 is 14.3 Å². The van der Waals surface area contributed by atoms with Crippen molar-refractivity contribution in [2.45, 2.75) is 26.7 Å². The molecule has 4 nitrogen and oxygen atoms in total. The number of hydrogen-bond donors (Lipinski definition) is 1. The summed E-state index contributed by atoms with van der Waals surface area (Å²) in [6.45, 7) is 3.54. The Bertz CT molecular complexity index is 976. The summed E-state index contributed by atoms with van der Waals surface area (Å²) in [4.78, 5) is 24.8. The highest BCUT2D eigenvalue weighted by Gasteiger charge is 2.15. The molecule has 148 valence electrons. The first-order valence-electron chi connectivity index (χ1n) is 9.69. The Labute approximate surface area is 171 Å². The lowest BCUT2D eigenvalue weighted by molar-refractivity contribution is -0.119. The van der Waals surface area contributed by atoms with Crippen molar-refractivity contribution in [3.8, 4) is 0 Å². The number of nitrogens with one attached hydrogen (secondary N) is 1. The van der Waals surface area contributed by atoms with Crippen molar-refractivity contribution in [1.29, 1.82) is 0 Å². The van der Waals surface area contributed by atoms with E-state index in [1.54, 1.807) is 12.1 Å². The summed E-state index contributed by atoms with van der Waals surface area (Å²) in [7, 11) is 0. The second-order valence-corrected chi connectivity index (χ2v) is 7.03. The molecule has 0 radical (unpaired) electrons. The van der Waals surface area contributed by atoms with Crippen LogP contribution in [0.1, 0.15) is 32.6 Å². The van der Waals surface area contributed by atoms with Gasteiger partial charge in [0.2, 0.25) is 0 Å². The molecule has 0 atom stereocenters. The van der Waals surface area contributed by atoms with Gasteiger partial charge in [0.05, 0.1) is 5.56 Å². The van der Waals surface area contributed by atoms with Crippen molar-refractivity contribution >= 4 is 17.6 Å². The van der Waals surface area contributed by atoms with Gasteiger partial charge in [-0.1, -0.05) is 66.7 Å². The quantitative estimate of drug-likeness (QED) is 0.588. The van der Waals surface area contributed by atoms with E-state index in [-0.39, 0.29) is 12.5 Å². The van der Waals surface area contributed by atoms with Gasteiger partial charge in [0.15, 0.2) is 6.61 Å².